The number of anilines is 2. The Bertz CT molecular complexity index is 654. The quantitative estimate of drug-likeness (QED) is 0.919. The molecule has 1 heterocycles. The van der Waals surface area contributed by atoms with Crippen molar-refractivity contribution in [3.8, 4) is 11.5 Å². The van der Waals surface area contributed by atoms with E-state index >= 15 is 0 Å². The maximum atomic E-state index is 12.3. The van der Waals surface area contributed by atoms with Crippen molar-refractivity contribution in [1.29, 1.82) is 0 Å². The Morgan fingerprint density at radius 2 is 1.91 bits per heavy atom. The molecule has 0 aliphatic carbocycles. The fraction of sp³-hybridized carbons (Fsp3) is 0.250. The van der Waals surface area contributed by atoms with E-state index in [9.17, 15) is 4.79 Å². The van der Waals surface area contributed by atoms with Gasteiger partial charge >= 0.3 is 0 Å². The van der Waals surface area contributed by atoms with E-state index in [4.69, 9.17) is 9.47 Å². The van der Waals surface area contributed by atoms with Gasteiger partial charge in [0.1, 0.15) is 17.3 Å². The summed E-state index contributed by atoms with van der Waals surface area (Å²) in [4.78, 5) is 18.4. The third kappa shape index (κ3) is 3.46. The average Bonchev–Trinajstić information content (AvgIpc) is 2.55. The third-order valence-corrected chi connectivity index (χ3v) is 3.13. The molecular weight excluding hydrogens is 282 g/mol. The molecule has 0 fully saturated rings. The van der Waals surface area contributed by atoms with Gasteiger partial charge in [-0.05, 0) is 24.3 Å². The number of nitrogens with zero attached hydrogens (tertiary/aromatic N) is 2. The molecule has 0 radical (unpaired) electrons. The first-order valence-electron chi connectivity index (χ1n) is 6.72. The van der Waals surface area contributed by atoms with Gasteiger partial charge in [-0.2, -0.15) is 0 Å². The van der Waals surface area contributed by atoms with Gasteiger partial charge in [-0.25, -0.2) is 4.98 Å². The molecule has 0 bridgehead atoms. The van der Waals surface area contributed by atoms with Crippen LogP contribution in [0.1, 0.15) is 10.4 Å². The van der Waals surface area contributed by atoms with Gasteiger partial charge in [0.25, 0.3) is 5.91 Å². The van der Waals surface area contributed by atoms with Crippen molar-refractivity contribution in [2.45, 2.75) is 0 Å². The van der Waals surface area contributed by atoms with Crippen LogP contribution in [0.2, 0.25) is 0 Å². The van der Waals surface area contributed by atoms with Crippen LogP contribution in [0.3, 0.4) is 0 Å². The molecule has 1 N–H and O–H groups in total. The number of pyridine rings is 1. The minimum absolute atomic E-state index is 0.249. The van der Waals surface area contributed by atoms with E-state index in [1.165, 1.54) is 7.11 Å². The predicted octanol–water partition coefficient (Wildman–Crippen LogP) is 2.42. The number of aromatic nitrogens is 1. The van der Waals surface area contributed by atoms with E-state index in [1.54, 1.807) is 43.6 Å². The molecule has 0 saturated heterocycles. The van der Waals surface area contributed by atoms with Crippen molar-refractivity contribution in [2.24, 2.45) is 0 Å². The van der Waals surface area contributed by atoms with E-state index in [1.807, 2.05) is 19.0 Å². The molecule has 1 aromatic heterocycles. The zero-order chi connectivity index (χ0) is 16.1. The number of ether oxygens (including phenoxy) is 2. The van der Waals surface area contributed by atoms with E-state index in [0.29, 0.717) is 22.7 Å². The van der Waals surface area contributed by atoms with Gasteiger partial charge in [0, 0.05) is 26.4 Å². The van der Waals surface area contributed by atoms with Gasteiger partial charge in [0.2, 0.25) is 0 Å². The van der Waals surface area contributed by atoms with Crippen molar-refractivity contribution >= 4 is 17.4 Å². The molecule has 6 heteroatoms. The molecule has 1 aromatic carbocycles. The molecule has 0 atom stereocenters. The molecule has 0 aliphatic rings. The monoisotopic (exact) mass is 301 g/mol. The van der Waals surface area contributed by atoms with E-state index < -0.39 is 0 Å². The molecule has 116 valence electrons. The van der Waals surface area contributed by atoms with Crippen LogP contribution < -0.4 is 19.7 Å². The van der Waals surface area contributed by atoms with Gasteiger partial charge in [0.15, 0.2) is 0 Å². The van der Waals surface area contributed by atoms with Crippen LogP contribution in [0.4, 0.5) is 11.5 Å². The summed E-state index contributed by atoms with van der Waals surface area (Å²) in [5.41, 5.74) is 1.05. The van der Waals surface area contributed by atoms with Gasteiger partial charge in [-0.15, -0.1) is 0 Å². The Kier molecular flexibility index (Phi) is 4.83. The Labute approximate surface area is 129 Å². The van der Waals surface area contributed by atoms with Crippen molar-refractivity contribution < 1.29 is 14.3 Å². The number of carbonyl (C=O) groups is 1. The Hall–Kier alpha value is -2.76. The fourth-order valence-electron chi connectivity index (χ4n) is 1.88. The maximum absolute atomic E-state index is 12.3. The van der Waals surface area contributed by atoms with Crippen LogP contribution in [-0.2, 0) is 0 Å². The second kappa shape index (κ2) is 6.80. The summed E-state index contributed by atoms with van der Waals surface area (Å²) in [7, 11) is 6.90. The largest absolute Gasteiger partial charge is 0.497 e. The standard InChI is InChI=1S/C16H19N3O3/c1-19(2)15-8-5-11(10-17-15)16(20)18-13-7-6-12(21-3)9-14(13)22-4/h5-10H,1-4H3,(H,18,20). The predicted molar refractivity (Wildman–Crippen MR) is 86.1 cm³/mol. The summed E-state index contributed by atoms with van der Waals surface area (Å²) in [6, 6.07) is 8.72. The number of carbonyl (C=O) groups excluding carboxylic acids is 1. The molecule has 0 aliphatic heterocycles. The topological polar surface area (TPSA) is 63.7 Å². The highest BCUT2D eigenvalue weighted by Crippen LogP contribution is 2.29. The van der Waals surface area contributed by atoms with E-state index in [0.717, 1.165) is 5.82 Å². The minimum atomic E-state index is -0.249. The number of amides is 1. The molecule has 22 heavy (non-hydrogen) atoms. The highest BCUT2D eigenvalue weighted by molar-refractivity contribution is 6.05. The van der Waals surface area contributed by atoms with Crippen LogP contribution in [0.5, 0.6) is 11.5 Å². The second-order valence-corrected chi connectivity index (χ2v) is 4.82. The lowest BCUT2D eigenvalue weighted by molar-refractivity contribution is 0.102. The average molecular weight is 301 g/mol. The summed E-state index contributed by atoms with van der Waals surface area (Å²) in [5, 5.41) is 2.80. The summed E-state index contributed by atoms with van der Waals surface area (Å²) in [5.74, 6) is 1.73. The van der Waals surface area contributed by atoms with Crippen molar-refractivity contribution in [1.82, 2.24) is 4.98 Å². The third-order valence-electron chi connectivity index (χ3n) is 3.13. The fourth-order valence-corrected chi connectivity index (χ4v) is 1.88. The summed E-state index contributed by atoms with van der Waals surface area (Å²) < 4.78 is 10.4. The zero-order valence-corrected chi connectivity index (χ0v) is 13.1. The summed E-state index contributed by atoms with van der Waals surface area (Å²) in [6.45, 7) is 0. The van der Waals surface area contributed by atoms with Crippen LogP contribution >= 0.6 is 0 Å². The molecule has 2 aromatic rings. The zero-order valence-electron chi connectivity index (χ0n) is 13.1. The number of hydrogen-bond acceptors (Lipinski definition) is 5. The number of rotatable bonds is 5. The van der Waals surface area contributed by atoms with Gasteiger partial charge in [0.05, 0.1) is 25.5 Å². The maximum Gasteiger partial charge on any atom is 0.257 e. The molecule has 0 unspecified atom stereocenters. The SMILES string of the molecule is COc1ccc(NC(=O)c2ccc(N(C)C)nc2)c(OC)c1. The molecule has 0 saturated carbocycles. The number of hydrogen-bond donors (Lipinski definition) is 1. The van der Waals surface area contributed by atoms with E-state index in [-0.39, 0.29) is 5.91 Å². The van der Waals surface area contributed by atoms with Crippen LogP contribution in [0.25, 0.3) is 0 Å². The molecule has 2 rings (SSSR count). The lowest BCUT2D eigenvalue weighted by atomic mass is 10.2. The van der Waals surface area contributed by atoms with E-state index in [2.05, 4.69) is 10.3 Å². The lowest BCUT2D eigenvalue weighted by Crippen LogP contribution is -2.15. The molecule has 6 nitrogen and oxygen atoms in total. The molecular formula is C16H19N3O3. The van der Waals surface area contributed by atoms with Crippen molar-refractivity contribution in [2.75, 3.05) is 38.5 Å². The Balaban J connectivity index is 2.18. The number of benzene rings is 1. The highest BCUT2D eigenvalue weighted by Gasteiger charge is 2.11. The summed E-state index contributed by atoms with van der Waals surface area (Å²) in [6.07, 6.45) is 1.54. The van der Waals surface area contributed by atoms with Crippen LogP contribution in [0.15, 0.2) is 36.5 Å². The minimum Gasteiger partial charge on any atom is -0.497 e. The van der Waals surface area contributed by atoms with Gasteiger partial charge in [-0.1, -0.05) is 0 Å². The van der Waals surface area contributed by atoms with Crippen molar-refractivity contribution in [3.05, 3.63) is 42.1 Å². The Morgan fingerprint density at radius 3 is 2.45 bits per heavy atom. The van der Waals surface area contributed by atoms with Gasteiger partial charge < -0.3 is 19.7 Å². The Morgan fingerprint density at radius 1 is 1.14 bits per heavy atom. The number of methoxy groups -OCH3 is 2. The summed E-state index contributed by atoms with van der Waals surface area (Å²) >= 11 is 0. The van der Waals surface area contributed by atoms with Crippen molar-refractivity contribution in [3.63, 3.8) is 0 Å². The number of nitrogens with one attached hydrogen (secondary N) is 1. The normalized spacial score (nSPS) is 10.0. The molecule has 1 amide bonds. The van der Waals surface area contributed by atoms with Crippen LogP contribution in [0, 0.1) is 0 Å². The van der Waals surface area contributed by atoms with Gasteiger partial charge in [-0.3, -0.25) is 4.79 Å². The smallest absolute Gasteiger partial charge is 0.257 e. The first-order valence-corrected chi connectivity index (χ1v) is 6.72. The molecule has 0 spiro atoms. The first-order chi connectivity index (χ1) is 10.5. The lowest BCUT2D eigenvalue weighted by Gasteiger charge is -2.13. The first kappa shape index (κ1) is 15.6. The van der Waals surface area contributed by atoms with Crippen LogP contribution in [-0.4, -0.2) is 39.2 Å². The second-order valence-electron chi connectivity index (χ2n) is 4.82. The highest BCUT2D eigenvalue weighted by atomic mass is 16.5.